The maximum atomic E-state index is 5.28. The fourth-order valence-electron chi connectivity index (χ4n) is 1.37. The Morgan fingerprint density at radius 3 is 1.33 bits per heavy atom. The topological polar surface area (TPSA) is 12.5 Å². The molecule has 2 nitrogen and oxygen atoms in total. The predicted octanol–water partition coefficient (Wildman–Crippen LogP) is 3.11. The van der Waals surface area contributed by atoms with Crippen LogP contribution in [0.5, 0.6) is 0 Å². The Hall–Kier alpha value is 0.784. The van der Waals surface area contributed by atoms with E-state index in [1.165, 1.54) is 0 Å². The molecule has 0 spiro atoms. The molecule has 12 heavy (non-hydrogen) atoms. The number of hydrogen-bond acceptors (Lipinski definition) is 2. The summed E-state index contributed by atoms with van der Waals surface area (Å²) < 4.78 is 7.92. The summed E-state index contributed by atoms with van der Waals surface area (Å²) in [5.74, 6) is 0. The Balaban J connectivity index is 4.45. The van der Waals surface area contributed by atoms with E-state index in [1.54, 1.807) is 7.11 Å². The first kappa shape index (κ1) is 12.8. The second kappa shape index (κ2) is 4.33. The van der Waals surface area contributed by atoms with Gasteiger partial charge in [0.25, 0.3) is 0 Å². The molecule has 0 N–H and O–H groups in total. The van der Waals surface area contributed by atoms with Crippen molar-refractivity contribution in [1.29, 1.82) is 0 Å². The van der Waals surface area contributed by atoms with Gasteiger partial charge >= 0.3 is 0 Å². The zero-order valence-electron chi connectivity index (χ0n) is 9.36. The van der Waals surface area contributed by atoms with Gasteiger partial charge in [-0.2, -0.15) is 0 Å². The van der Waals surface area contributed by atoms with Crippen molar-refractivity contribution >= 4 is 25.4 Å². The highest BCUT2D eigenvalue weighted by molar-refractivity contribution is 7.37. The molecule has 0 saturated carbocycles. The van der Waals surface area contributed by atoms with E-state index < -0.39 is 16.5 Å². The van der Waals surface area contributed by atoms with Gasteiger partial charge in [0.2, 0.25) is 0 Å². The van der Waals surface area contributed by atoms with Gasteiger partial charge in [0, 0.05) is 7.11 Å². The van der Waals surface area contributed by atoms with Crippen LogP contribution in [0.4, 0.5) is 0 Å². The molecule has 5 heteroatoms. The van der Waals surface area contributed by atoms with Gasteiger partial charge in [-0.25, -0.2) is 0 Å². The van der Waals surface area contributed by atoms with Crippen LogP contribution in [0.1, 0.15) is 0 Å². The van der Waals surface area contributed by atoms with E-state index in [4.69, 9.17) is 4.52 Å². The highest BCUT2D eigenvalue weighted by atomic mass is 31.1. The number of hydrogen-bond donors (Lipinski definition) is 0. The molecular formula is C7H22NOPSi2. The second-order valence-corrected chi connectivity index (χ2v) is 16.9. The maximum Gasteiger partial charge on any atom is 0.118 e. The molecule has 0 aliphatic heterocycles. The normalized spacial score (nSPS) is 15.0. The molecule has 0 saturated heterocycles. The van der Waals surface area contributed by atoms with Crippen LogP contribution in [0.2, 0.25) is 39.3 Å². The molecule has 1 atom stereocenters. The van der Waals surface area contributed by atoms with E-state index in [1.807, 2.05) is 0 Å². The largest absolute Gasteiger partial charge is 0.351 e. The average molecular weight is 223 g/mol. The maximum absolute atomic E-state index is 5.28. The first-order chi connectivity index (χ1) is 5.19. The van der Waals surface area contributed by atoms with Crippen LogP contribution in [0.3, 0.4) is 0 Å². The summed E-state index contributed by atoms with van der Waals surface area (Å²) in [5, 5.41) is 0. The van der Waals surface area contributed by atoms with E-state index in [2.05, 4.69) is 43.3 Å². The summed E-state index contributed by atoms with van der Waals surface area (Å²) in [6.07, 6.45) is 0. The predicted molar refractivity (Wildman–Crippen MR) is 63.9 cm³/mol. The van der Waals surface area contributed by atoms with Crippen molar-refractivity contribution in [3.8, 4) is 0 Å². The summed E-state index contributed by atoms with van der Waals surface area (Å²) in [4.78, 5) is 0. The Kier molecular flexibility index (Phi) is 4.62. The molecule has 0 aromatic carbocycles. The van der Waals surface area contributed by atoms with Gasteiger partial charge in [0.05, 0.1) is 8.96 Å². The number of nitrogens with zero attached hydrogens (tertiary/aromatic N) is 1. The van der Waals surface area contributed by atoms with E-state index in [0.29, 0.717) is 8.96 Å². The van der Waals surface area contributed by atoms with E-state index >= 15 is 0 Å². The highest BCUT2D eigenvalue weighted by Crippen LogP contribution is 2.32. The molecule has 0 bridgehead atoms. The molecule has 0 rings (SSSR count). The Bertz CT molecular complexity index is 127. The summed E-state index contributed by atoms with van der Waals surface area (Å²) in [6.45, 7) is 14.3. The smallest absolute Gasteiger partial charge is 0.118 e. The fourth-order valence-corrected chi connectivity index (χ4v) is 12.3. The zero-order valence-corrected chi connectivity index (χ0v) is 12.4. The summed E-state index contributed by atoms with van der Waals surface area (Å²) in [5.41, 5.74) is 0. The van der Waals surface area contributed by atoms with Crippen molar-refractivity contribution in [2.24, 2.45) is 0 Å². The van der Waals surface area contributed by atoms with Crippen LogP contribution < -0.4 is 0 Å². The molecule has 0 aromatic heterocycles. The van der Waals surface area contributed by atoms with Gasteiger partial charge in [-0.05, 0) is 0 Å². The molecule has 0 amide bonds. The first-order valence-electron chi connectivity index (χ1n) is 4.28. The van der Waals surface area contributed by atoms with Gasteiger partial charge in [0.1, 0.15) is 16.5 Å². The Morgan fingerprint density at radius 2 is 1.25 bits per heavy atom. The summed E-state index contributed by atoms with van der Waals surface area (Å²) in [6, 6.07) is 0. The number of rotatable bonds is 4. The minimum atomic E-state index is -1.16. The van der Waals surface area contributed by atoms with Gasteiger partial charge in [0.15, 0.2) is 0 Å². The monoisotopic (exact) mass is 223 g/mol. The standard InChI is InChI=1S/C7H22NOPSi2/c1-9-10-8(11(2,3)4)12(5,6)7/h10H,1-7H3. The molecule has 0 aliphatic carbocycles. The lowest BCUT2D eigenvalue weighted by atomic mass is 11.8. The third-order valence-electron chi connectivity index (χ3n) is 1.52. The third kappa shape index (κ3) is 4.14. The van der Waals surface area contributed by atoms with Crippen LogP contribution >= 0.6 is 8.96 Å². The van der Waals surface area contributed by atoms with Crippen molar-refractivity contribution in [1.82, 2.24) is 4.00 Å². The van der Waals surface area contributed by atoms with E-state index in [0.717, 1.165) is 0 Å². The van der Waals surface area contributed by atoms with Gasteiger partial charge in [-0.3, -0.25) is 0 Å². The van der Waals surface area contributed by atoms with Crippen LogP contribution in [0, 0.1) is 0 Å². The first-order valence-corrected chi connectivity index (χ1v) is 12.0. The Morgan fingerprint density at radius 1 is 0.917 bits per heavy atom. The molecule has 74 valence electrons. The van der Waals surface area contributed by atoms with Crippen molar-refractivity contribution < 1.29 is 4.52 Å². The minimum absolute atomic E-state index is 0.566. The molecule has 0 aromatic rings. The van der Waals surface area contributed by atoms with Crippen molar-refractivity contribution in [3.63, 3.8) is 0 Å². The van der Waals surface area contributed by atoms with Crippen molar-refractivity contribution in [3.05, 3.63) is 0 Å². The molecular weight excluding hydrogens is 201 g/mol. The average Bonchev–Trinajstić information content (AvgIpc) is 1.77. The third-order valence-corrected chi connectivity index (χ3v) is 13.2. The van der Waals surface area contributed by atoms with Crippen LogP contribution in [0.15, 0.2) is 0 Å². The lowest BCUT2D eigenvalue weighted by Gasteiger charge is -2.42. The van der Waals surface area contributed by atoms with Crippen LogP contribution in [-0.2, 0) is 4.52 Å². The lowest BCUT2D eigenvalue weighted by Crippen LogP contribution is -2.54. The molecule has 1 unspecified atom stereocenters. The molecule has 0 radical (unpaired) electrons. The molecule has 0 fully saturated rings. The molecule has 0 aliphatic rings. The van der Waals surface area contributed by atoms with E-state index in [9.17, 15) is 0 Å². The van der Waals surface area contributed by atoms with Gasteiger partial charge in [-0.1, -0.05) is 39.3 Å². The fraction of sp³-hybridized carbons (Fsp3) is 1.00. The summed E-state index contributed by atoms with van der Waals surface area (Å²) >= 11 is 0. The van der Waals surface area contributed by atoms with E-state index in [-0.39, 0.29) is 0 Å². The van der Waals surface area contributed by atoms with Crippen LogP contribution in [-0.4, -0.2) is 27.6 Å². The molecule has 0 heterocycles. The quantitative estimate of drug-likeness (QED) is 0.536. The zero-order chi connectivity index (χ0) is 9.99. The second-order valence-electron chi connectivity index (χ2n) is 4.97. The van der Waals surface area contributed by atoms with Gasteiger partial charge in [-0.15, -0.1) is 0 Å². The Labute approximate surface area is 80.8 Å². The van der Waals surface area contributed by atoms with Crippen molar-refractivity contribution in [2.75, 3.05) is 7.11 Å². The SMILES string of the molecule is COPN([Si](C)(C)C)[Si](C)(C)C. The summed E-state index contributed by atoms with van der Waals surface area (Å²) in [7, 11) is 0.0417. The van der Waals surface area contributed by atoms with Crippen molar-refractivity contribution in [2.45, 2.75) is 39.3 Å². The minimum Gasteiger partial charge on any atom is -0.351 e. The highest BCUT2D eigenvalue weighted by Gasteiger charge is 2.34. The van der Waals surface area contributed by atoms with Gasteiger partial charge < -0.3 is 8.53 Å². The van der Waals surface area contributed by atoms with Crippen LogP contribution in [0.25, 0.3) is 0 Å². The lowest BCUT2D eigenvalue weighted by molar-refractivity contribution is 0.461.